The molecule has 0 radical (unpaired) electrons. The van der Waals surface area contributed by atoms with Crippen LogP contribution >= 0.6 is 12.4 Å². The molecule has 3 aromatic rings. The zero-order chi connectivity index (χ0) is 26.2. The van der Waals surface area contributed by atoms with Gasteiger partial charge in [-0.25, -0.2) is 0 Å². The standard InChI is InChI=1S/C31H41N3O3.ClH/c1-4-5-6-10-18-34-23(2)30(28-22-27(37-24(3)35)13-14-29(28)34)31(36)32-26-16-20-33(21-17-26)19-15-25-11-8-7-9-12-25;/h7-9,11-14,22,26H,4-6,10,15-21H2,1-3H3,(H,32,36);1H. The normalized spacial score (nSPS) is 14.3. The number of nitrogens with one attached hydrogen (secondary N) is 1. The number of unbranched alkanes of at least 4 members (excludes halogenated alkanes) is 3. The van der Waals surface area contributed by atoms with E-state index in [9.17, 15) is 9.59 Å². The molecular weight excluding hydrogens is 498 g/mol. The SMILES string of the molecule is CCCCCCn1c(C)c(C(=O)NC2CCN(CCc3ccccc3)CC2)c2cc(OC(C)=O)ccc21.Cl. The largest absolute Gasteiger partial charge is 0.427 e. The Morgan fingerprint density at radius 1 is 1.00 bits per heavy atom. The maximum absolute atomic E-state index is 13.6. The second-order valence-corrected chi connectivity index (χ2v) is 10.3. The Morgan fingerprint density at radius 2 is 1.74 bits per heavy atom. The van der Waals surface area contributed by atoms with Gasteiger partial charge in [0.15, 0.2) is 0 Å². The second kappa shape index (κ2) is 14.4. The van der Waals surface area contributed by atoms with Crippen molar-refractivity contribution in [2.75, 3.05) is 19.6 Å². The molecule has 6 nitrogen and oxygen atoms in total. The van der Waals surface area contributed by atoms with Crippen LogP contribution in [0.3, 0.4) is 0 Å². The van der Waals surface area contributed by atoms with E-state index in [1.807, 2.05) is 25.1 Å². The highest BCUT2D eigenvalue weighted by atomic mass is 35.5. The van der Waals surface area contributed by atoms with Gasteiger partial charge in [-0.15, -0.1) is 12.4 Å². The number of hydrogen-bond acceptors (Lipinski definition) is 4. The number of amides is 1. The van der Waals surface area contributed by atoms with Gasteiger partial charge in [0.1, 0.15) is 5.75 Å². The number of esters is 1. The number of piperidine rings is 1. The highest BCUT2D eigenvalue weighted by molar-refractivity contribution is 6.09. The molecule has 2 heterocycles. The molecule has 38 heavy (non-hydrogen) atoms. The first-order valence-corrected chi connectivity index (χ1v) is 13.8. The lowest BCUT2D eigenvalue weighted by Gasteiger charge is -2.32. The van der Waals surface area contributed by atoms with Crippen molar-refractivity contribution in [1.82, 2.24) is 14.8 Å². The van der Waals surface area contributed by atoms with Crippen molar-refractivity contribution in [3.8, 4) is 5.75 Å². The summed E-state index contributed by atoms with van der Waals surface area (Å²) in [6, 6.07) is 16.4. The number of benzene rings is 2. The topological polar surface area (TPSA) is 63.6 Å². The van der Waals surface area contributed by atoms with Gasteiger partial charge in [-0.05, 0) is 56.4 Å². The van der Waals surface area contributed by atoms with Gasteiger partial charge < -0.3 is 19.5 Å². The summed E-state index contributed by atoms with van der Waals surface area (Å²) in [5.74, 6) is 0.0847. The highest BCUT2D eigenvalue weighted by Crippen LogP contribution is 2.30. The third kappa shape index (κ3) is 7.61. The molecule has 0 unspecified atom stereocenters. The van der Waals surface area contributed by atoms with Crippen LogP contribution < -0.4 is 10.1 Å². The summed E-state index contributed by atoms with van der Waals surface area (Å²) >= 11 is 0. The molecule has 0 saturated carbocycles. The Kier molecular flexibility index (Phi) is 11.2. The summed E-state index contributed by atoms with van der Waals surface area (Å²) in [5, 5.41) is 4.18. The van der Waals surface area contributed by atoms with E-state index in [4.69, 9.17) is 4.74 Å². The van der Waals surface area contributed by atoms with Crippen molar-refractivity contribution in [3.63, 3.8) is 0 Å². The predicted octanol–water partition coefficient (Wildman–Crippen LogP) is 6.31. The van der Waals surface area contributed by atoms with Crippen LogP contribution in [-0.4, -0.2) is 47.0 Å². The number of halogens is 1. The first kappa shape index (κ1) is 29.7. The minimum absolute atomic E-state index is 0. The summed E-state index contributed by atoms with van der Waals surface area (Å²) in [5.41, 5.74) is 4.06. The molecule has 0 atom stereocenters. The Hall–Kier alpha value is -2.83. The molecular formula is C31H42ClN3O3. The Morgan fingerprint density at radius 3 is 2.42 bits per heavy atom. The molecule has 0 aliphatic carbocycles. The quantitative estimate of drug-likeness (QED) is 0.176. The lowest BCUT2D eigenvalue weighted by Crippen LogP contribution is -2.45. The molecule has 2 aromatic carbocycles. The zero-order valence-corrected chi connectivity index (χ0v) is 23.8. The molecule has 1 aromatic heterocycles. The van der Waals surface area contributed by atoms with E-state index in [1.165, 1.54) is 31.7 Å². The van der Waals surface area contributed by atoms with Gasteiger partial charge in [0, 0.05) is 55.7 Å². The Labute approximate surface area is 233 Å². The van der Waals surface area contributed by atoms with Crippen molar-refractivity contribution in [2.24, 2.45) is 0 Å². The number of hydrogen-bond donors (Lipinski definition) is 1. The lowest BCUT2D eigenvalue weighted by molar-refractivity contribution is -0.131. The van der Waals surface area contributed by atoms with E-state index in [-0.39, 0.29) is 30.3 Å². The number of nitrogens with zero attached hydrogens (tertiary/aromatic N) is 2. The number of carbonyl (C=O) groups excluding carboxylic acids is 2. The molecule has 1 fully saturated rings. The van der Waals surface area contributed by atoms with Crippen molar-refractivity contribution in [3.05, 3.63) is 65.4 Å². The first-order valence-electron chi connectivity index (χ1n) is 13.8. The van der Waals surface area contributed by atoms with Gasteiger partial charge in [-0.2, -0.15) is 0 Å². The summed E-state index contributed by atoms with van der Waals surface area (Å²) < 4.78 is 7.60. The third-order valence-electron chi connectivity index (χ3n) is 7.50. The van der Waals surface area contributed by atoms with Crippen LogP contribution in [0.1, 0.15) is 74.0 Å². The molecule has 206 valence electrons. The third-order valence-corrected chi connectivity index (χ3v) is 7.50. The van der Waals surface area contributed by atoms with Gasteiger partial charge in [-0.3, -0.25) is 9.59 Å². The molecule has 0 spiro atoms. The molecule has 0 bridgehead atoms. The molecule has 1 aliphatic rings. The molecule has 1 N–H and O–H groups in total. The van der Waals surface area contributed by atoms with Crippen molar-refractivity contribution in [1.29, 1.82) is 0 Å². The molecule has 1 saturated heterocycles. The number of likely N-dealkylation sites (tertiary alicyclic amines) is 1. The molecule has 4 rings (SSSR count). The van der Waals surface area contributed by atoms with Crippen LogP contribution in [0.15, 0.2) is 48.5 Å². The highest BCUT2D eigenvalue weighted by Gasteiger charge is 2.25. The van der Waals surface area contributed by atoms with E-state index in [2.05, 4.69) is 52.0 Å². The summed E-state index contributed by atoms with van der Waals surface area (Å²) in [7, 11) is 0. The average Bonchev–Trinajstić information content (AvgIpc) is 3.16. The van der Waals surface area contributed by atoms with Crippen LogP contribution in [0.2, 0.25) is 0 Å². The van der Waals surface area contributed by atoms with E-state index in [0.29, 0.717) is 11.3 Å². The molecule has 7 heteroatoms. The van der Waals surface area contributed by atoms with Crippen LogP contribution in [0.4, 0.5) is 0 Å². The number of ether oxygens (including phenoxy) is 1. The maximum atomic E-state index is 13.6. The fourth-order valence-corrected chi connectivity index (χ4v) is 5.45. The van der Waals surface area contributed by atoms with Crippen molar-refractivity contribution >= 4 is 35.2 Å². The van der Waals surface area contributed by atoms with Gasteiger partial charge in [-0.1, -0.05) is 56.5 Å². The van der Waals surface area contributed by atoms with Crippen LogP contribution in [0.5, 0.6) is 5.75 Å². The fourth-order valence-electron chi connectivity index (χ4n) is 5.45. The molecule has 1 amide bonds. The second-order valence-electron chi connectivity index (χ2n) is 10.3. The van der Waals surface area contributed by atoms with Gasteiger partial charge in [0.2, 0.25) is 0 Å². The Balaban J connectivity index is 0.00000400. The maximum Gasteiger partial charge on any atom is 0.308 e. The van der Waals surface area contributed by atoms with Gasteiger partial charge in [0.05, 0.1) is 5.56 Å². The number of carbonyl (C=O) groups is 2. The van der Waals surface area contributed by atoms with Gasteiger partial charge in [0.25, 0.3) is 5.91 Å². The fraction of sp³-hybridized carbons (Fsp3) is 0.484. The predicted molar refractivity (Wildman–Crippen MR) is 156 cm³/mol. The zero-order valence-electron chi connectivity index (χ0n) is 23.0. The van der Waals surface area contributed by atoms with Crippen LogP contribution in [-0.2, 0) is 17.8 Å². The average molecular weight is 540 g/mol. The summed E-state index contributed by atoms with van der Waals surface area (Å²) in [6.45, 7) is 9.55. The van der Waals surface area contributed by atoms with E-state index >= 15 is 0 Å². The number of rotatable bonds is 11. The van der Waals surface area contributed by atoms with Crippen LogP contribution in [0.25, 0.3) is 10.9 Å². The van der Waals surface area contributed by atoms with Crippen molar-refractivity contribution < 1.29 is 14.3 Å². The smallest absolute Gasteiger partial charge is 0.308 e. The Bertz CT molecular complexity index is 1200. The molecule has 1 aliphatic heterocycles. The number of aromatic nitrogens is 1. The summed E-state index contributed by atoms with van der Waals surface area (Å²) in [6.07, 6.45) is 7.61. The number of fused-ring (bicyclic) bond motifs is 1. The van der Waals surface area contributed by atoms with E-state index in [1.54, 1.807) is 0 Å². The monoisotopic (exact) mass is 539 g/mol. The number of aryl methyl sites for hydroxylation is 1. The lowest BCUT2D eigenvalue weighted by atomic mass is 10.0. The first-order chi connectivity index (χ1) is 18.0. The van der Waals surface area contributed by atoms with E-state index in [0.717, 1.165) is 68.5 Å². The van der Waals surface area contributed by atoms with Crippen LogP contribution in [0, 0.1) is 6.92 Å². The minimum Gasteiger partial charge on any atom is -0.427 e. The van der Waals surface area contributed by atoms with Gasteiger partial charge >= 0.3 is 5.97 Å². The van der Waals surface area contributed by atoms with E-state index < -0.39 is 0 Å². The summed E-state index contributed by atoms with van der Waals surface area (Å²) in [4.78, 5) is 27.7. The van der Waals surface area contributed by atoms with Crippen molar-refractivity contribution in [2.45, 2.75) is 78.3 Å². The minimum atomic E-state index is -0.361.